The van der Waals surface area contributed by atoms with E-state index in [2.05, 4.69) is 0 Å². The lowest BCUT2D eigenvalue weighted by Gasteiger charge is -2.44. The van der Waals surface area contributed by atoms with Gasteiger partial charge in [0.2, 0.25) is 11.8 Å². The van der Waals surface area contributed by atoms with Gasteiger partial charge in [-0.3, -0.25) is 9.59 Å². The smallest absolute Gasteiger partial charge is 0.224 e. The third-order valence-corrected chi connectivity index (χ3v) is 5.41. The van der Waals surface area contributed by atoms with E-state index < -0.39 is 0 Å². The average molecular weight is 390 g/mol. The highest BCUT2D eigenvalue weighted by Gasteiger charge is 2.41. The number of hydrogen-bond donors (Lipinski definition) is 0. The maximum absolute atomic E-state index is 12.8. The molecule has 2 amide bonds. The zero-order valence-electron chi connectivity index (χ0n) is 17.0. The first-order valence-electron chi connectivity index (χ1n) is 10.0. The first kappa shape index (κ1) is 20.5. The molecule has 2 heterocycles. The van der Waals surface area contributed by atoms with Crippen molar-refractivity contribution in [2.45, 2.75) is 32.7 Å². The predicted octanol–water partition coefficient (Wildman–Crippen LogP) is 2.25. The molecule has 0 radical (unpaired) electrons. The van der Waals surface area contributed by atoms with Gasteiger partial charge in [0.25, 0.3) is 0 Å². The van der Waals surface area contributed by atoms with Gasteiger partial charge in [-0.05, 0) is 13.0 Å². The highest BCUT2D eigenvalue weighted by atomic mass is 16.5. The van der Waals surface area contributed by atoms with Gasteiger partial charge in [-0.1, -0.05) is 19.1 Å². The number of carbonyl (C=O) groups excluding carboxylic acids is 2. The first-order chi connectivity index (χ1) is 13.6. The van der Waals surface area contributed by atoms with Gasteiger partial charge in [0.05, 0.1) is 25.9 Å². The Balaban J connectivity index is 1.99. The van der Waals surface area contributed by atoms with Crippen molar-refractivity contribution in [3.8, 4) is 11.5 Å². The summed E-state index contributed by atoms with van der Waals surface area (Å²) in [6.45, 7) is 6.77. The lowest BCUT2D eigenvalue weighted by atomic mass is 9.87. The molecule has 0 aliphatic carbocycles. The van der Waals surface area contributed by atoms with E-state index in [1.807, 2.05) is 41.8 Å². The molecular weight excluding hydrogens is 360 g/mol. The van der Waals surface area contributed by atoms with E-state index >= 15 is 0 Å². The molecule has 1 aromatic carbocycles. The summed E-state index contributed by atoms with van der Waals surface area (Å²) >= 11 is 0. The van der Waals surface area contributed by atoms with Crippen molar-refractivity contribution in [3.05, 3.63) is 23.8 Å². The molecular formula is C21H30N2O5. The molecule has 7 heteroatoms. The minimum atomic E-state index is -0.130. The van der Waals surface area contributed by atoms with E-state index in [4.69, 9.17) is 14.2 Å². The van der Waals surface area contributed by atoms with Crippen LogP contribution >= 0.6 is 0 Å². The van der Waals surface area contributed by atoms with E-state index in [1.54, 1.807) is 7.11 Å². The molecule has 0 spiro atoms. The monoisotopic (exact) mass is 390 g/mol. The molecule has 0 N–H and O–H groups in total. The highest BCUT2D eigenvalue weighted by Crippen LogP contribution is 2.45. The molecule has 1 saturated heterocycles. The summed E-state index contributed by atoms with van der Waals surface area (Å²) in [6.07, 6.45) is 0.728. The van der Waals surface area contributed by atoms with Crippen LogP contribution in [0.4, 0.5) is 0 Å². The number of amides is 2. The summed E-state index contributed by atoms with van der Waals surface area (Å²) in [6, 6.07) is 5.71. The van der Waals surface area contributed by atoms with Crippen LogP contribution in [0.15, 0.2) is 18.2 Å². The number of carbonyl (C=O) groups is 2. The van der Waals surface area contributed by atoms with Gasteiger partial charge in [0.15, 0.2) is 11.5 Å². The Morgan fingerprint density at radius 3 is 2.86 bits per heavy atom. The maximum Gasteiger partial charge on any atom is 0.224 e. The Morgan fingerprint density at radius 2 is 2.14 bits per heavy atom. The number of para-hydroxylation sites is 1. The van der Waals surface area contributed by atoms with Crippen molar-refractivity contribution in [2.24, 2.45) is 5.92 Å². The van der Waals surface area contributed by atoms with E-state index in [9.17, 15) is 9.59 Å². The second kappa shape index (κ2) is 9.28. The third kappa shape index (κ3) is 4.09. The van der Waals surface area contributed by atoms with Gasteiger partial charge < -0.3 is 24.0 Å². The molecule has 28 heavy (non-hydrogen) atoms. The minimum Gasteiger partial charge on any atom is -0.490 e. The van der Waals surface area contributed by atoms with Gasteiger partial charge >= 0.3 is 0 Å². The zero-order valence-corrected chi connectivity index (χ0v) is 17.0. The fourth-order valence-electron chi connectivity index (χ4n) is 4.10. The third-order valence-electron chi connectivity index (χ3n) is 5.41. The van der Waals surface area contributed by atoms with Crippen LogP contribution in [0.3, 0.4) is 0 Å². The van der Waals surface area contributed by atoms with Gasteiger partial charge in [-0.25, -0.2) is 0 Å². The van der Waals surface area contributed by atoms with Gasteiger partial charge in [-0.15, -0.1) is 0 Å². The van der Waals surface area contributed by atoms with Crippen LogP contribution in [0.1, 0.15) is 38.3 Å². The second-order valence-electron chi connectivity index (χ2n) is 7.15. The molecule has 2 atom stereocenters. The number of hydrogen-bond acceptors (Lipinski definition) is 5. The fraction of sp³-hybridized carbons (Fsp3) is 0.619. The summed E-state index contributed by atoms with van der Waals surface area (Å²) in [5, 5.41) is 0. The summed E-state index contributed by atoms with van der Waals surface area (Å²) < 4.78 is 17.0. The number of ether oxygens (including phenoxy) is 3. The highest BCUT2D eigenvalue weighted by molar-refractivity contribution is 5.80. The fourth-order valence-corrected chi connectivity index (χ4v) is 4.10. The minimum absolute atomic E-state index is 0.000910. The van der Waals surface area contributed by atoms with Crippen molar-refractivity contribution in [2.75, 3.05) is 46.6 Å². The maximum atomic E-state index is 12.8. The average Bonchev–Trinajstić information content (AvgIpc) is 2.70. The molecule has 0 unspecified atom stereocenters. The predicted molar refractivity (Wildman–Crippen MR) is 104 cm³/mol. The summed E-state index contributed by atoms with van der Waals surface area (Å²) in [5.74, 6) is 1.54. The van der Waals surface area contributed by atoms with Crippen LogP contribution in [0.25, 0.3) is 0 Å². The summed E-state index contributed by atoms with van der Waals surface area (Å²) in [5.41, 5.74) is 0.963. The molecule has 1 fully saturated rings. The molecule has 0 bridgehead atoms. The molecule has 2 aliphatic heterocycles. The van der Waals surface area contributed by atoms with E-state index in [-0.39, 0.29) is 23.8 Å². The number of methoxy groups -OCH3 is 1. The number of benzene rings is 1. The normalized spacial score (nSPS) is 21.9. The van der Waals surface area contributed by atoms with E-state index in [1.165, 1.54) is 0 Å². The van der Waals surface area contributed by atoms with E-state index in [0.29, 0.717) is 58.0 Å². The Labute approximate surface area is 166 Å². The number of fused-ring (bicyclic) bond motifs is 3. The Kier molecular flexibility index (Phi) is 6.78. The van der Waals surface area contributed by atoms with Crippen molar-refractivity contribution in [1.82, 2.24) is 9.80 Å². The largest absolute Gasteiger partial charge is 0.490 e. The van der Waals surface area contributed by atoms with Crippen LogP contribution in [0.2, 0.25) is 0 Å². The zero-order chi connectivity index (χ0) is 20.1. The molecule has 3 rings (SSSR count). The molecule has 0 saturated carbocycles. The SMILES string of the molecule is CCOc1cccc2c1OC[C@@H]1CN(CCOC)C(=O)CCN(C(=O)CC)[C@H]21. The van der Waals surface area contributed by atoms with Crippen molar-refractivity contribution >= 4 is 11.8 Å². The molecule has 0 aromatic heterocycles. The van der Waals surface area contributed by atoms with Crippen LogP contribution < -0.4 is 9.47 Å². The van der Waals surface area contributed by atoms with Crippen LogP contribution in [-0.2, 0) is 14.3 Å². The van der Waals surface area contributed by atoms with Gasteiger partial charge in [0, 0.05) is 51.1 Å². The number of rotatable bonds is 6. The standard InChI is InChI=1S/C21H30N2O5/c1-4-18(24)23-10-9-19(25)22(11-12-26-3)13-15-14-28-21-16(20(15)23)7-6-8-17(21)27-5-2/h6-8,15,20H,4-5,9-14H2,1-3H3/t15-,20-/m0/s1. The lowest BCUT2D eigenvalue weighted by molar-refractivity contribution is -0.142. The molecule has 154 valence electrons. The lowest BCUT2D eigenvalue weighted by Crippen LogP contribution is -2.51. The van der Waals surface area contributed by atoms with Crippen LogP contribution in [-0.4, -0.2) is 68.2 Å². The Morgan fingerprint density at radius 1 is 1.32 bits per heavy atom. The van der Waals surface area contributed by atoms with Gasteiger partial charge in [0.1, 0.15) is 0 Å². The van der Waals surface area contributed by atoms with Gasteiger partial charge in [-0.2, -0.15) is 0 Å². The molecule has 1 aromatic rings. The van der Waals surface area contributed by atoms with E-state index in [0.717, 1.165) is 11.3 Å². The first-order valence-corrected chi connectivity index (χ1v) is 10.0. The Bertz CT molecular complexity index is 708. The van der Waals surface area contributed by atoms with Crippen molar-refractivity contribution < 1.29 is 23.8 Å². The molecule has 2 aliphatic rings. The number of nitrogens with zero attached hydrogens (tertiary/aromatic N) is 2. The van der Waals surface area contributed by atoms with Crippen molar-refractivity contribution in [3.63, 3.8) is 0 Å². The van der Waals surface area contributed by atoms with Crippen LogP contribution in [0, 0.1) is 5.92 Å². The topological polar surface area (TPSA) is 68.3 Å². The quantitative estimate of drug-likeness (QED) is 0.745. The molecule has 7 nitrogen and oxygen atoms in total. The Hall–Kier alpha value is -2.28. The summed E-state index contributed by atoms with van der Waals surface area (Å²) in [4.78, 5) is 29.1. The summed E-state index contributed by atoms with van der Waals surface area (Å²) in [7, 11) is 1.63. The van der Waals surface area contributed by atoms with Crippen LogP contribution in [0.5, 0.6) is 11.5 Å². The second-order valence-corrected chi connectivity index (χ2v) is 7.15. The van der Waals surface area contributed by atoms with Crippen molar-refractivity contribution in [1.29, 1.82) is 0 Å².